The van der Waals surface area contributed by atoms with Gasteiger partial charge in [-0.3, -0.25) is 4.89 Å². The molecule has 0 aliphatic heterocycles. The minimum atomic E-state index is -0.617. The molecule has 0 aromatic heterocycles. The Bertz CT molecular complexity index is 515. The molecule has 0 amide bonds. The average molecular weight is 447 g/mol. The maximum absolute atomic E-state index is 11.4. The molecule has 0 saturated heterocycles. The van der Waals surface area contributed by atoms with Crippen molar-refractivity contribution in [3.63, 3.8) is 0 Å². The van der Waals surface area contributed by atoms with E-state index in [0.717, 1.165) is 32.1 Å². The van der Waals surface area contributed by atoms with E-state index in [1.165, 1.54) is 6.42 Å². The summed E-state index contributed by atoms with van der Waals surface area (Å²) in [5.74, 6) is -0.818. The van der Waals surface area contributed by atoms with Crippen molar-refractivity contribution in [3.8, 4) is 0 Å². The van der Waals surface area contributed by atoms with E-state index in [9.17, 15) is 9.59 Å². The molecule has 0 aromatic rings. The predicted octanol–water partition coefficient (Wildman–Crippen LogP) is 7.50. The van der Waals surface area contributed by atoms with Gasteiger partial charge in [0.1, 0.15) is 5.60 Å². The zero-order valence-electron chi connectivity index (χ0n) is 22.1. The molecule has 186 valence electrons. The van der Waals surface area contributed by atoms with Crippen LogP contribution in [-0.4, -0.2) is 22.8 Å². The predicted molar refractivity (Wildman–Crippen MR) is 125 cm³/mol. The van der Waals surface area contributed by atoms with Gasteiger partial charge in [0.2, 0.25) is 0 Å². The van der Waals surface area contributed by atoms with Crippen molar-refractivity contribution in [2.45, 2.75) is 133 Å². The highest BCUT2D eigenvalue weighted by molar-refractivity contribution is 5.75. The van der Waals surface area contributed by atoms with Crippen LogP contribution in [0.15, 0.2) is 0 Å². The molecule has 0 bridgehead atoms. The molecule has 0 rings (SSSR count). The maximum Gasteiger partial charge on any atom is 0.347 e. The number of carbonyl (C=O) groups is 2. The Morgan fingerprint density at radius 3 is 1.77 bits per heavy atom. The summed E-state index contributed by atoms with van der Waals surface area (Å²) >= 11 is 0. The van der Waals surface area contributed by atoms with Gasteiger partial charge in [0, 0.05) is 6.42 Å². The lowest BCUT2D eigenvalue weighted by Gasteiger charge is -2.31. The lowest BCUT2D eigenvalue weighted by atomic mass is 9.74. The first-order valence-corrected chi connectivity index (χ1v) is 11.7. The van der Waals surface area contributed by atoms with Crippen LogP contribution in [0.2, 0.25) is 0 Å². The molecule has 0 spiro atoms. The van der Waals surface area contributed by atoms with Gasteiger partial charge in [-0.15, -0.1) is 0 Å². The van der Waals surface area contributed by atoms with E-state index >= 15 is 0 Å². The standard InChI is InChI=1S/C15H30O3.C10H20O3/c1-7-15(5,6)18-17-13(16)11-9-8-10-12-14(2,3)4;1-6-9(2,3)7-10(4,5)8(11)13-12/h7-12H2,1-6H3;12H,6-7H2,1-5H3. The summed E-state index contributed by atoms with van der Waals surface area (Å²) in [6, 6.07) is 0. The van der Waals surface area contributed by atoms with Gasteiger partial charge in [-0.25, -0.2) is 9.59 Å². The van der Waals surface area contributed by atoms with Crippen molar-refractivity contribution in [1.82, 2.24) is 0 Å². The quantitative estimate of drug-likeness (QED) is 0.190. The van der Waals surface area contributed by atoms with Crippen molar-refractivity contribution in [3.05, 3.63) is 0 Å². The molecule has 6 heteroatoms. The minimum Gasteiger partial charge on any atom is -0.300 e. The Morgan fingerprint density at radius 1 is 0.806 bits per heavy atom. The fourth-order valence-electron chi connectivity index (χ4n) is 2.88. The lowest BCUT2D eigenvalue weighted by molar-refractivity contribution is -0.325. The van der Waals surface area contributed by atoms with Gasteiger partial charge in [-0.05, 0) is 64.2 Å². The summed E-state index contributed by atoms with van der Waals surface area (Å²) < 4.78 is 0. The second-order valence-corrected chi connectivity index (χ2v) is 11.7. The maximum atomic E-state index is 11.4. The zero-order chi connectivity index (χ0) is 24.9. The molecule has 31 heavy (non-hydrogen) atoms. The Hall–Kier alpha value is -1.14. The molecule has 0 heterocycles. The van der Waals surface area contributed by atoms with E-state index in [1.807, 2.05) is 20.8 Å². The first-order chi connectivity index (χ1) is 13.9. The molecule has 0 atom stereocenters. The molecule has 6 nitrogen and oxygen atoms in total. The summed E-state index contributed by atoms with van der Waals surface area (Å²) in [6.45, 7) is 22.4. The van der Waals surface area contributed by atoms with Gasteiger partial charge in [0.05, 0.1) is 5.41 Å². The zero-order valence-corrected chi connectivity index (χ0v) is 22.1. The molecule has 0 fully saturated rings. The van der Waals surface area contributed by atoms with Gasteiger partial charge >= 0.3 is 11.9 Å². The third-order valence-electron chi connectivity index (χ3n) is 5.53. The second-order valence-electron chi connectivity index (χ2n) is 11.7. The van der Waals surface area contributed by atoms with E-state index in [-0.39, 0.29) is 17.0 Å². The first kappa shape index (κ1) is 32.0. The number of carbonyl (C=O) groups excluding carboxylic acids is 2. The largest absolute Gasteiger partial charge is 0.347 e. The van der Waals surface area contributed by atoms with Crippen LogP contribution in [0.1, 0.15) is 128 Å². The van der Waals surface area contributed by atoms with Crippen LogP contribution in [0, 0.1) is 16.2 Å². The number of hydrogen-bond donors (Lipinski definition) is 1. The molecular formula is C25H50O6. The Morgan fingerprint density at radius 2 is 1.35 bits per heavy atom. The molecular weight excluding hydrogens is 396 g/mol. The highest BCUT2D eigenvalue weighted by Crippen LogP contribution is 2.36. The SMILES string of the molecule is CCC(C)(C)CC(C)(C)C(=O)OO.CCC(C)(C)OOC(=O)CCCCCC(C)(C)C. The van der Waals surface area contributed by atoms with Crippen LogP contribution >= 0.6 is 0 Å². The first-order valence-electron chi connectivity index (χ1n) is 11.7. The smallest absolute Gasteiger partial charge is 0.300 e. The number of rotatable bonds is 12. The van der Waals surface area contributed by atoms with Crippen LogP contribution in [0.3, 0.4) is 0 Å². The summed E-state index contributed by atoms with van der Waals surface area (Å²) in [4.78, 5) is 36.2. The highest BCUT2D eigenvalue weighted by Gasteiger charge is 2.35. The van der Waals surface area contributed by atoms with E-state index in [4.69, 9.17) is 15.0 Å². The van der Waals surface area contributed by atoms with Gasteiger partial charge in [-0.2, -0.15) is 10.1 Å². The van der Waals surface area contributed by atoms with E-state index < -0.39 is 11.4 Å². The third-order valence-corrected chi connectivity index (χ3v) is 5.53. The van der Waals surface area contributed by atoms with Crippen molar-refractivity contribution in [2.75, 3.05) is 0 Å². The number of hydrogen-bond acceptors (Lipinski definition) is 6. The van der Waals surface area contributed by atoms with E-state index in [2.05, 4.69) is 46.4 Å². The molecule has 1 N–H and O–H groups in total. The Kier molecular flexibility index (Phi) is 14.6. The van der Waals surface area contributed by atoms with Gasteiger partial charge < -0.3 is 4.89 Å². The van der Waals surface area contributed by atoms with Crippen molar-refractivity contribution < 1.29 is 29.5 Å². The molecule has 0 radical (unpaired) electrons. The summed E-state index contributed by atoms with van der Waals surface area (Å²) in [5.41, 5.74) is -0.525. The van der Waals surface area contributed by atoms with Crippen LogP contribution < -0.4 is 0 Å². The van der Waals surface area contributed by atoms with Crippen molar-refractivity contribution in [1.29, 1.82) is 0 Å². The van der Waals surface area contributed by atoms with Gasteiger partial charge in [0.15, 0.2) is 0 Å². The monoisotopic (exact) mass is 446 g/mol. The minimum absolute atomic E-state index is 0.0949. The Balaban J connectivity index is 0. The van der Waals surface area contributed by atoms with Crippen molar-refractivity contribution in [2.24, 2.45) is 16.2 Å². The van der Waals surface area contributed by atoms with Gasteiger partial charge in [0.25, 0.3) is 0 Å². The van der Waals surface area contributed by atoms with Crippen LogP contribution in [0.5, 0.6) is 0 Å². The molecule has 0 aliphatic rings. The summed E-state index contributed by atoms with van der Waals surface area (Å²) in [7, 11) is 0. The molecule has 0 aliphatic carbocycles. The van der Waals surface area contributed by atoms with Crippen molar-refractivity contribution >= 4 is 11.9 Å². The summed E-state index contributed by atoms with van der Waals surface area (Å²) in [5, 5.41) is 8.29. The van der Waals surface area contributed by atoms with Crippen LogP contribution in [-0.2, 0) is 24.3 Å². The molecule has 0 unspecified atom stereocenters. The summed E-state index contributed by atoms with van der Waals surface area (Å²) in [6.07, 6.45) is 7.27. The fourth-order valence-corrected chi connectivity index (χ4v) is 2.88. The average Bonchev–Trinajstić information content (AvgIpc) is 2.64. The van der Waals surface area contributed by atoms with E-state index in [0.29, 0.717) is 18.3 Å². The number of unbranched alkanes of at least 4 members (excludes halogenated alkanes) is 2. The lowest BCUT2D eigenvalue weighted by Crippen LogP contribution is -2.31. The molecule has 0 aromatic carbocycles. The third kappa shape index (κ3) is 18.2. The topological polar surface area (TPSA) is 82.1 Å². The Labute approximate surface area is 191 Å². The normalized spacial score (nSPS) is 12.6. The van der Waals surface area contributed by atoms with Crippen LogP contribution in [0.25, 0.3) is 0 Å². The van der Waals surface area contributed by atoms with E-state index in [1.54, 1.807) is 13.8 Å². The molecule has 0 saturated carbocycles. The second kappa shape index (κ2) is 14.1. The van der Waals surface area contributed by atoms with Gasteiger partial charge in [-0.1, -0.05) is 67.7 Å². The van der Waals surface area contributed by atoms with Crippen LogP contribution in [0.4, 0.5) is 0 Å². The highest BCUT2D eigenvalue weighted by atomic mass is 17.2. The fraction of sp³-hybridized carbons (Fsp3) is 0.920.